The SMILES string of the molecule is Cc1nc2cc(CN(C)C#N)ccc2n1C. The van der Waals surface area contributed by atoms with Crippen molar-refractivity contribution in [2.24, 2.45) is 7.05 Å². The van der Waals surface area contributed by atoms with Crippen LogP contribution in [0.1, 0.15) is 11.4 Å². The van der Waals surface area contributed by atoms with Crippen molar-refractivity contribution in [1.29, 1.82) is 5.26 Å². The first kappa shape index (κ1) is 10.5. The van der Waals surface area contributed by atoms with E-state index in [9.17, 15) is 0 Å². The molecule has 2 rings (SSSR count). The first-order valence-corrected chi connectivity index (χ1v) is 5.14. The fraction of sp³-hybridized carbons (Fsp3) is 0.333. The summed E-state index contributed by atoms with van der Waals surface area (Å²) in [5, 5.41) is 8.71. The van der Waals surface area contributed by atoms with Crippen molar-refractivity contribution in [1.82, 2.24) is 14.5 Å². The van der Waals surface area contributed by atoms with Gasteiger partial charge in [0.15, 0.2) is 6.19 Å². The summed E-state index contributed by atoms with van der Waals surface area (Å²) in [4.78, 5) is 6.06. The number of imidazole rings is 1. The standard InChI is InChI=1S/C12H14N4/c1-9-14-11-6-10(7-15(2)8-13)4-5-12(11)16(9)3/h4-6H,7H2,1-3H3. The highest BCUT2D eigenvalue weighted by atomic mass is 15.1. The van der Waals surface area contributed by atoms with Gasteiger partial charge in [-0.05, 0) is 24.6 Å². The Kier molecular flexibility index (Phi) is 2.53. The molecule has 0 fully saturated rings. The van der Waals surface area contributed by atoms with Crippen LogP contribution >= 0.6 is 0 Å². The number of fused-ring (bicyclic) bond motifs is 1. The van der Waals surface area contributed by atoms with Crippen molar-refractivity contribution in [2.75, 3.05) is 7.05 Å². The van der Waals surface area contributed by atoms with Crippen LogP contribution in [0.2, 0.25) is 0 Å². The van der Waals surface area contributed by atoms with Gasteiger partial charge in [-0.15, -0.1) is 0 Å². The summed E-state index contributed by atoms with van der Waals surface area (Å²) in [6.45, 7) is 2.61. The van der Waals surface area contributed by atoms with Gasteiger partial charge in [-0.3, -0.25) is 0 Å². The average Bonchev–Trinajstić information content (AvgIpc) is 2.54. The lowest BCUT2D eigenvalue weighted by molar-refractivity contribution is 0.470. The van der Waals surface area contributed by atoms with Crippen LogP contribution in [0.4, 0.5) is 0 Å². The minimum Gasteiger partial charge on any atom is -0.331 e. The summed E-state index contributed by atoms with van der Waals surface area (Å²) >= 11 is 0. The van der Waals surface area contributed by atoms with Crippen LogP contribution in [-0.4, -0.2) is 21.5 Å². The van der Waals surface area contributed by atoms with E-state index in [0.29, 0.717) is 6.54 Å². The van der Waals surface area contributed by atoms with Gasteiger partial charge < -0.3 is 9.47 Å². The lowest BCUT2D eigenvalue weighted by atomic mass is 10.2. The van der Waals surface area contributed by atoms with Crippen molar-refractivity contribution in [3.05, 3.63) is 29.6 Å². The van der Waals surface area contributed by atoms with E-state index in [-0.39, 0.29) is 0 Å². The molecule has 0 bridgehead atoms. The highest BCUT2D eigenvalue weighted by molar-refractivity contribution is 5.76. The van der Waals surface area contributed by atoms with Crippen LogP contribution in [0.3, 0.4) is 0 Å². The van der Waals surface area contributed by atoms with Gasteiger partial charge in [-0.2, -0.15) is 5.26 Å². The Hall–Kier alpha value is -2.02. The molecule has 0 unspecified atom stereocenters. The van der Waals surface area contributed by atoms with Gasteiger partial charge in [-0.25, -0.2) is 4.98 Å². The Morgan fingerprint density at radius 2 is 2.25 bits per heavy atom. The molecule has 0 saturated heterocycles. The Balaban J connectivity index is 2.42. The number of aryl methyl sites for hydroxylation is 2. The summed E-state index contributed by atoms with van der Waals surface area (Å²) < 4.78 is 2.06. The van der Waals surface area contributed by atoms with Gasteiger partial charge in [0.2, 0.25) is 0 Å². The predicted molar refractivity (Wildman–Crippen MR) is 62.5 cm³/mol. The molecule has 0 aliphatic heterocycles. The van der Waals surface area contributed by atoms with Crippen molar-refractivity contribution >= 4 is 11.0 Å². The summed E-state index contributed by atoms with van der Waals surface area (Å²) in [5.41, 5.74) is 3.22. The molecule has 0 spiro atoms. The predicted octanol–water partition coefficient (Wildman–Crippen LogP) is 1.79. The molecule has 82 valence electrons. The Morgan fingerprint density at radius 1 is 1.50 bits per heavy atom. The van der Waals surface area contributed by atoms with Crippen LogP contribution in [0.15, 0.2) is 18.2 Å². The quantitative estimate of drug-likeness (QED) is 0.565. The van der Waals surface area contributed by atoms with Gasteiger partial charge in [0.25, 0.3) is 0 Å². The van der Waals surface area contributed by atoms with Crippen molar-refractivity contribution in [2.45, 2.75) is 13.5 Å². The minimum absolute atomic E-state index is 0.627. The molecule has 1 aromatic carbocycles. The number of aromatic nitrogens is 2. The summed E-state index contributed by atoms with van der Waals surface area (Å²) in [6, 6.07) is 6.13. The second-order valence-electron chi connectivity index (χ2n) is 4.00. The van der Waals surface area contributed by atoms with Gasteiger partial charge in [0.1, 0.15) is 5.82 Å². The minimum atomic E-state index is 0.627. The molecule has 4 heteroatoms. The van der Waals surface area contributed by atoms with E-state index in [4.69, 9.17) is 5.26 Å². The van der Waals surface area contributed by atoms with E-state index >= 15 is 0 Å². The maximum Gasteiger partial charge on any atom is 0.179 e. The fourth-order valence-electron chi connectivity index (χ4n) is 1.77. The molecule has 0 N–H and O–H groups in total. The van der Waals surface area contributed by atoms with E-state index in [1.807, 2.05) is 26.1 Å². The Labute approximate surface area is 94.7 Å². The number of hydrogen-bond donors (Lipinski definition) is 0. The smallest absolute Gasteiger partial charge is 0.179 e. The third-order valence-corrected chi connectivity index (χ3v) is 2.76. The maximum absolute atomic E-state index is 8.71. The van der Waals surface area contributed by atoms with Crippen LogP contribution in [0.25, 0.3) is 11.0 Å². The Bertz CT molecular complexity index is 562. The second-order valence-corrected chi connectivity index (χ2v) is 4.00. The second kappa shape index (κ2) is 3.86. The van der Waals surface area contributed by atoms with E-state index in [2.05, 4.69) is 21.8 Å². The molecule has 16 heavy (non-hydrogen) atoms. The largest absolute Gasteiger partial charge is 0.331 e. The van der Waals surface area contributed by atoms with Crippen LogP contribution in [0, 0.1) is 18.4 Å². The number of nitrogens with zero attached hydrogens (tertiary/aromatic N) is 4. The monoisotopic (exact) mass is 214 g/mol. The van der Waals surface area contributed by atoms with E-state index in [1.54, 1.807) is 11.9 Å². The zero-order valence-corrected chi connectivity index (χ0v) is 9.73. The molecular weight excluding hydrogens is 200 g/mol. The van der Waals surface area contributed by atoms with Gasteiger partial charge in [0.05, 0.1) is 17.6 Å². The molecule has 1 aromatic heterocycles. The lowest BCUT2D eigenvalue weighted by Crippen LogP contribution is -2.09. The Morgan fingerprint density at radius 3 is 2.94 bits per heavy atom. The van der Waals surface area contributed by atoms with Crippen LogP contribution in [0.5, 0.6) is 0 Å². The zero-order chi connectivity index (χ0) is 11.7. The summed E-state index contributed by atoms with van der Waals surface area (Å²) in [7, 11) is 3.78. The summed E-state index contributed by atoms with van der Waals surface area (Å²) in [6.07, 6.45) is 2.09. The topological polar surface area (TPSA) is 44.9 Å². The van der Waals surface area contributed by atoms with E-state index in [1.165, 1.54) is 0 Å². The lowest BCUT2D eigenvalue weighted by Gasteiger charge is -2.08. The first-order chi connectivity index (χ1) is 7.61. The van der Waals surface area contributed by atoms with Gasteiger partial charge in [0, 0.05) is 14.1 Å². The summed E-state index contributed by atoms with van der Waals surface area (Å²) in [5.74, 6) is 1.00. The van der Waals surface area contributed by atoms with Gasteiger partial charge >= 0.3 is 0 Å². The molecule has 1 heterocycles. The molecule has 0 aliphatic rings. The maximum atomic E-state index is 8.71. The molecular formula is C12H14N4. The van der Waals surface area contributed by atoms with Crippen molar-refractivity contribution in [3.63, 3.8) is 0 Å². The van der Waals surface area contributed by atoms with Gasteiger partial charge in [-0.1, -0.05) is 6.07 Å². The molecule has 0 atom stereocenters. The normalized spacial score (nSPS) is 10.4. The number of benzene rings is 1. The molecule has 0 saturated carbocycles. The third-order valence-electron chi connectivity index (χ3n) is 2.76. The highest BCUT2D eigenvalue weighted by Crippen LogP contribution is 2.16. The molecule has 0 radical (unpaired) electrons. The molecule has 0 amide bonds. The van der Waals surface area contributed by atoms with Crippen LogP contribution in [-0.2, 0) is 13.6 Å². The average molecular weight is 214 g/mol. The number of hydrogen-bond acceptors (Lipinski definition) is 3. The zero-order valence-electron chi connectivity index (χ0n) is 9.73. The highest BCUT2D eigenvalue weighted by Gasteiger charge is 2.05. The first-order valence-electron chi connectivity index (χ1n) is 5.14. The third kappa shape index (κ3) is 1.72. The molecule has 4 nitrogen and oxygen atoms in total. The van der Waals surface area contributed by atoms with E-state index < -0.39 is 0 Å². The number of rotatable bonds is 2. The molecule has 0 aliphatic carbocycles. The van der Waals surface area contributed by atoms with Crippen molar-refractivity contribution in [3.8, 4) is 6.19 Å². The number of nitriles is 1. The van der Waals surface area contributed by atoms with Crippen LogP contribution < -0.4 is 0 Å². The molecule has 2 aromatic rings. The van der Waals surface area contributed by atoms with Crippen molar-refractivity contribution < 1.29 is 0 Å². The fourth-order valence-corrected chi connectivity index (χ4v) is 1.77. The van der Waals surface area contributed by atoms with E-state index in [0.717, 1.165) is 22.4 Å².